The number of carbonyl (C=O) groups excluding carboxylic acids is 1. The van der Waals surface area contributed by atoms with Crippen molar-refractivity contribution >= 4 is 11.9 Å². The summed E-state index contributed by atoms with van der Waals surface area (Å²) in [4.78, 5) is 23.1. The van der Waals surface area contributed by atoms with Gasteiger partial charge in [-0.05, 0) is 37.0 Å². The molecule has 1 unspecified atom stereocenters. The molecule has 5 heteroatoms. The Labute approximate surface area is 137 Å². The Balaban J connectivity index is 1.82. The number of carbonyl (C=O) groups is 2. The van der Waals surface area contributed by atoms with Crippen molar-refractivity contribution < 1.29 is 19.4 Å². The van der Waals surface area contributed by atoms with Crippen LogP contribution in [-0.4, -0.2) is 29.2 Å². The van der Waals surface area contributed by atoms with E-state index in [0.717, 1.165) is 18.4 Å². The third-order valence-corrected chi connectivity index (χ3v) is 4.24. The van der Waals surface area contributed by atoms with Gasteiger partial charge in [-0.2, -0.15) is 0 Å². The van der Waals surface area contributed by atoms with E-state index in [2.05, 4.69) is 5.32 Å². The summed E-state index contributed by atoms with van der Waals surface area (Å²) in [7, 11) is 0. The van der Waals surface area contributed by atoms with Gasteiger partial charge in [-0.15, -0.1) is 0 Å². The number of amides is 1. The molecule has 0 aromatic heterocycles. The molecular weight excluding hydrogens is 294 g/mol. The first-order valence-electron chi connectivity index (χ1n) is 8.35. The molecular formula is C18H25NO4. The van der Waals surface area contributed by atoms with Gasteiger partial charge in [-0.25, -0.2) is 4.79 Å². The normalized spacial score (nSPS) is 16.7. The van der Waals surface area contributed by atoms with E-state index in [9.17, 15) is 9.59 Å². The number of hydrogen-bond acceptors (Lipinski definition) is 3. The topological polar surface area (TPSA) is 75.6 Å². The molecule has 0 heterocycles. The van der Waals surface area contributed by atoms with Gasteiger partial charge in [0.1, 0.15) is 6.10 Å². The monoisotopic (exact) mass is 319 g/mol. The Morgan fingerprint density at radius 1 is 1.22 bits per heavy atom. The lowest BCUT2D eigenvalue weighted by Crippen LogP contribution is -2.38. The van der Waals surface area contributed by atoms with E-state index in [4.69, 9.17) is 9.84 Å². The molecule has 1 aliphatic carbocycles. The zero-order chi connectivity index (χ0) is 16.7. The number of rotatable bonds is 7. The molecule has 1 aliphatic rings. The second-order valence-electron chi connectivity index (χ2n) is 6.01. The Morgan fingerprint density at radius 2 is 1.87 bits per heavy atom. The largest absolute Gasteiger partial charge is 0.478 e. The van der Waals surface area contributed by atoms with Gasteiger partial charge >= 0.3 is 5.97 Å². The van der Waals surface area contributed by atoms with Crippen LogP contribution in [-0.2, 0) is 16.1 Å². The summed E-state index contributed by atoms with van der Waals surface area (Å²) in [5, 5.41) is 11.7. The molecule has 5 nitrogen and oxygen atoms in total. The van der Waals surface area contributed by atoms with E-state index in [0.29, 0.717) is 13.0 Å². The quantitative estimate of drug-likeness (QED) is 0.809. The van der Waals surface area contributed by atoms with E-state index >= 15 is 0 Å². The van der Waals surface area contributed by atoms with Gasteiger partial charge in [-0.3, -0.25) is 4.79 Å². The highest BCUT2D eigenvalue weighted by Gasteiger charge is 2.23. The highest BCUT2D eigenvalue weighted by molar-refractivity contribution is 5.87. The number of ether oxygens (including phenoxy) is 1. The van der Waals surface area contributed by atoms with Crippen molar-refractivity contribution in [2.75, 3.05) is 0 Å². The number of benzene rings is 1. The van der Waals surface area contributed by atoms with Gasteiger partial charge < -0.3 is 15.2 Å². The maximum atomic E-state index is 12.3. The van der Waals surface area contributed by atoms with Crippen LogP contribution in [0.5, 0.6) is 0 Å². The molecule has 0 spiro atoms. The van der Waals surface area contributed by atoms with E-state index < -0.39 is 12.1 Å². The molecule has 23 heavy (non-hydrogen) atoms. The Morgan fingerprint density at radius 3 is 2.43 bits per heavy atom. The minimum absolute atomic E-state index is 0.0969. The summed E-state index contributed by atoms with van der Waals surface area (Å²) in [5.74, 6) is -1.05. The van der Waals surface area contributed by atoms with Gasteiger partial charge in [-0.1, -0.05) is 38.3 Å². The van der Waals surface area contributed by atoms with Crippen LogP contribution in [0.15, 0.2) is 24.3 Å². The lowest BCUT2D eigenvalue weighted by molar-refractivity contribution is -0.138. The predicted octanol–water partition coefficient (Wildman–Crippen LogP) is 3.13. The van der Waals surface area contributed by atoms with E-state index in [1.807, 2.05) is 6.92 Å². The number of carboxylic acids is 1. The van der Waals surface area contributed by atoms with Crippen LogP contribution in [0, 0.1) is 0 Å². The van der Waals surface area contributed by atoms with Crippen LogP contribution in [0.1, 0.15) is 61.4 Å². The first-order valence-corrected chi connectivity index (χ1v) is 8.35. The zero-order valence-electron chi connectivity index (χ0n) is 13.6. The number of aromatic carboxylic acids is 1. The fourth-order valence-corrected chi connectivity index (χ4v) is 2.85. The third kappa shape index (κ3) is 5.36. The molecule has 1 fully saturated rings. The summed E-state index contributed by atoms with van der Waals surface area (Å²) < 4.78 is 5.95. The number of hydrogen-bond donors (Lipinski definition) is 2. The van der Waals surface area contributed by atoms with Gasteiger partial charge in [0.15, 0.2) is 0 Å². The summed E-state index contributed by atoms with van der Waals surface area (Å²) in [6.07, 6.45) is 6.15. The van der Waals surface area contributed by atoms with Gasteiger partial charge in [0.2, 0.25) is 5.91 Å². The standard InChI is InChI=1S/C18H25NO4/c1-2-16(23-15-6-4-3-5-7-15)17(20)19-12-13-8-10-14(11-9-13)18(21)22/h8-11,15-16H,2-7,12H2,1H3,(H,19,20)(H,21,22). The summed E-state index contributed by atoms with van der Waals surface area (Å²) in [6.45, 7) is 2.33. The minimum Gasteiger partial charge on any atom is -0.478 e. The number of nitrogens with one attached hydrogen (secondary N) is 1. The van der Waals surface area contributed by atoms with Gasteiger partial charge in [0, 0.05) is 6.54 Å². The first-order chi connectivity index (χ1) is 11.1. The summed E-state index contributed by atoms with van der Waals surface area (Å²) in [6, 6.07) is 6.51. The minimum atomic E-state index is -0.951. The molecule has 2 N–H and O–H groups in total. The van der Waals surface area contributed by atoms with Crippen molar-refractivity contribution in [3.63, 3.8) is 0 Å². The third-order valence-electron chi connectivity index (χ3n) is 4.24. The van der Waals surface area contributed by atoms with Crippen molar-refractivity contribution in [1.82, 2.24) is 5.32 Å². The molecule has 0 saturated heterocycles. The van der Waals surface area contributed by atoms with Crippen molar-refractivity contribution in [3.8, 4) is 0 Å². The molecule has 2 rings (SSSR count). The molecule has 1 amide bonds. The molecule has 126 valence electrons. The second kappa shape index (κ2) is 8.67. The van der Waals surface area contributed by atoms with Crippen LogP contribution >= 0.6 is 0 Å². The fraction of sp³-hybridized carbons (Fsp3) is 0.556. The average molecular weight is 319 g/mol. The maximum absolute atomic E-state index is 12.3. The van der Waals surface area contributed by atoms with Crippen LogP contribution in [0.4, 0.5) is 0 Å². The zero-order valence-corrected chi connectivity index (χ0v) is 13.6. The van der Waals surface area contributed by atoms with Crippen LogP contribution in [0.2, 0.25) is 0 Å². The molecule has 1 saturated carbocycles. The molecule has 1 aromatic rings. The SMILES string of the molecule is CCC(OC1CCCCC1)C(=O)NCc1ccc(C(=O)O)cc1. The molecule has 0 radical (unpaired) electrons. The second-order valence-corrected chi connectivity index (χ2v) is 6.01. The van der Waals surface area contributed by atoms with Crippen molar-refractivity contribution in [3.05, 3.63) is 35.4 Å². The van der Waals surface area contributed by atoms with E-state index in [-0.39, 0.29) is 17.6 Å². The Hall–Kier alpha value is -1.88. The van der Waals surface area contributed by atoms with E-state index in [1.54, 1.807) is 24.3 Å². The Kier molecular flexibility index (Phi) is 6.59. The molecule has 1 aromatic carbocycles. The maximum Gasteiger partial charge on any atom is 0.335 e. The van der Waals surface area contributed by atoms with Crippen molar-refractivity contribution in [1.29, 1.82) is 0 Å². The lowest BCUT2D eigenvalue weighted by atomic mass is 9.97. The highest BCUT2D eigenvalue weighted by atomic mass is 16.5. The van der Waals surface area contributed by atoms with Crippen LogP contribution in [0.3, 0.4) is 0 Å². The summed E-state index contributed by atoms with van der Waals surface area (Å²) >= 11 is 0. The smallest absolute Gasteiger partial charge is 0.335 e. The van der Waals surface area contributed by atoms with Crippen LogP contribution < -0.4 is 5.32 Å². The van der Waals surface area contributed by atoms with E-state index in [1.165, 1.54) is 19.3 Å². The first kappa shape index (κ1) is 17.5. The van der Waals surface area contributed by atoms with Crippen molar-refractivity contribution in [2.24, 2.45) is 0 Å². The lowest BCUT2D eigenvalue weighted by Gasteiger charge is -2.26. The molecule has 1 atom stereocenters. The predicted molar refractivity (Wildman–Crippen MR) is 87.3 cm³/mol. The van der Waals surface area contributed by atoms with Crippen LogP contribution in [0.25, 0.3) is 0 Å². The molecule has 0 bridgehead atoms. The highest BCUT2D eigenvalue weighted by Crippen LogP contribution is 2.22. The van der Waals surface area contributed by atoms with Crippen molar-refractivity contribution in [2.45, 2.75) is 64.2 Å². The fourth-order valence-electron chi connectivity index (χ4n) is 2.85. The summed E-state index contributed by atoms with van der Waals surface area (Å²) in [5.41, 5.74) is 1.11. The Bertz CT molecular complexity index is 520. The molecule has 0 aliphatic heterocycles. The average Bonchev–Trinajstić information content (AvgIpc) is 2.58. The van der Waals surface area contributed by atoms with Gasteiger partial charge in [0.05, 0.1) is 11.7 Å². The van der Waals surface area contributed by atoms with Gasteiger partial charge in [0.25, 0.3) is 0 Å². The number of carboxylic acid groups (broad SMARTS) is 1.